The Labute approximate surface area is 170 Å². The normalized spacial score (nSPS) is 13.3. The van der Waals surface area contributed by atoms with E-state index in [-0.39, 0.29) is 6.07 Å². The number of benzene rings is 1. The zero-order valence-corrected chi connectivity index (χ0v) is 15.3. The van der Waals surface area contributed by atoms with Crippen LogP contribution in [0.4, 0.5) is 45.3 Å². The molecule has 3 rings (SSSR count). The number of aromatic nitrogens is 3. The van der Waals surface area contributed by atoms with E-state index in [0.717, 1.165) is 0 Å². The van der Waals surface area contributed by atoms with Crippen molar-refractivity contribution in [2.45, 2.75) is 18.5 Å². The molecule has 0 fully saturated rings. The van der Waals surface area contributed by atoms with Crippen LogP contribution in [0.25, 0.3) is 16.6 Å². The molecule has 0 bridgehead atoms. The lowest BCUT2D eigenvalue weighted by molar-refractivity contribution is -0.149. The Kier molecular flexibility index (Phi) is 5.05. The van der Waals surface area contributed by atoms with Crippen molar-refractivity contribution in [1.82, 2.24) is 14.8 Å². The van der Waals surface area contributed by atoms with E-state index in [4.69, 9.17) is 28.9 Å². The summed E-state index contributed by atoms with van der Waals surface area (Å²) in [6.45, 7) is 0. The minimum absolute atomic E-state index is 0.212. The Bertz CT molecular complexity index is 1120. The molecule has 0 atom stereocenters. The predicted molar refractivity (Wildman–Crippen MR) is 88.3 cm³/mol. The highest BCUT2D eigenvalue weighted by Crippen LogP contribution is 2.42. The highest BCUT2D eigenvalue weighted by atomic mass is 35.5. The van der Waals surface area contributed by atoms with Crippen molar-refractivity contribution in [3.8, 4) is 5.69 Å². The Morgan fingerprint density at radius 1 is 0.800 bits per heavy atom. The van der Waals surface area contributed by atoms with E-state index in [0.29, 0.717) is 16.8 Å². The zero-order valence-electron chi connectivity index (χ0n) is 13.8. The van der Waals surface area contributed by atoms with Crippen molar-refractivity contribution in [1.29, 1.82) is 0 Å². The first-order valence-corrected chi connectivity index (χ1v) is 8.17. The van der Waals surface area contributed by atoms with Crippen molar-refractivity contribution in [3.05, 3.63) is 45.2 Å². The van der Waals surface area contributed by atoms with Crippen molar-refractivity contribution >= 4 is 39.9 Å². The fourth-order valence-electron chi connectivity index (χ4n) is 2.58. The Hall–Kier alpha value is -2.41. The fraction of sp³-hybridized carbons (Fsp3) is 0.200. The molecule has 2 heterocycles. The number of nitrogens with two attached hydrogens (primary N) is 1. The molecule has 0 saturated carbocycles. The van der Waals surface area contributed by atoms with Crippen LogP contribution in [0.5, 0.6) is 0 Å². The number of fused-ring (bicyclic) bond motifs is 1. The summed E-state index contributed by atoms with van der Waals surface area (Å²) < 4.78 is 118. The third kappa shape index (κ3) is 3.83. The van der Waals surface area contributed by atoms with Crippen molar-refractivity contribution in [3.63, 3.8) is 0 Å². The van der Waals surface area contributed by atoms with Gasteiger partial charge in [-0.2, -0.15) is 44.6 Å². The second-order valence-electron chi connectivity index (χ2n) is 5.83. The molecule has 0 unspecified atom stereocenters. The van der Waals surface area contributed by atoms with Crippen LogP contribution < -0.4 is 5.73 Å². The summed E-state index contributed by atoms with van der Waals surface area (Å²) in [7, 11) is 0. The predicted octanol–water partition coefficient (Wildman–Crippen LogP) is 6.37. The molecular formula is C15H5Cl2F9N4. The molecule has 0 radical (unpaired) electrons. The van der Waals surface area contributed by atoms with Gasteiger partial charge in [0, 0.05) is 0 Å². The summed E-state index contributed by atoms with van der Waals surface area (Å²) in [5.74, 6) is -0.873. The van der Waals surface area contributed by atoms with Crippen LogP contribution in [0, 0.1) is 0 Å². The fourth-order valence-corrected chi connectivity index (χ4v) is 3.23. The molecule has 0 spiro atoms. The maximum Gasteiger partial charge on any atom is 0.434 e. The molecule has 4 nitrogen and oxygen atoms in total. The molecule has 3 aromatic rings. The molecule has 15 heteroatoms. The van der Waals surface area contributed by atoms with E-state index in [1.165, 1.54) is 0 Å². The summed E-state index contributed by atoms with van der Waals surface area (Å²) >= 11 is 11.6. The summed E-state index contributed by atoms with van der Waals surface area (Å²) in [6, 6.07) is 1.04. The smallest absolute Gasteiger partial charge is 0.383 e. The van der Waals surface area contributed by atoms with E-state index in [9.17, 15) is 39.5 Å². The molecule has 2 N–H and O–H groups in total. The summed E-state index contributed by atoms with van der Waals surface area (Å²) in [4.78, 5) is 2.60. The van der Waals surface area contributed by atoms with Crippen LogP contribution in [0.1, 0.15) is 17.0 Å². The number of anilines is 1. The quantitative estimate of drug-likeness (QED) is 0.410. The SMILES string of the molecule is Nc1c2c(C(F)(F)F)nc(C(F)(F)F)cc2nn1-c1c(Cl)cc(C(F)(F)F)cc1Cl. The number of halogens is 11. The highest BCUT2D eigenvalue weighted by Gasteiger charge is 2.42. The van der Waals surface area contributed by atoms with Crippen molar-refractivity contribution in [2.24, 2.45) is 0 Å². The van der Waals surface area contributed by atoms with Gasteiger partial charge in [-0.3, -0.25) is 0 Å². The van der Waals surface area contributed by atoms with Gasteiger partial charge in [0.15, 0.2) is 5.69 Å². The average Bonchev–Trinajstić information content (AvgIpc) is 2.87. The van der Waals surface area contributed by atoms with E-state index in [1.54, 1.807) is 0 Å². The van der Waals surface area contributed by atoms with Crippen LogP contribution in [-0.4, -0.2) is 14.8 Å². The Balaban J connectivity index is 2.37. The van der Waals surface area contributed by atoms with E-state index < -0.39 is 67.9 Å². The largest absolute Gasteiger partial charge is 0.434 e. The van der Waals surface area contributed by atoms with E-state index in [1.807, 2.05) is 0 Å². The van der Waals surface area contributed by atoms with Gasteiger partial charge in [-0.1, -0.05) is 23.2 Å². The number of hydrogen-bond acceptors (Lipinski definition) is 3. The lowest BCUT2D eigenvalue weighted by atomic mass is 10.1. The monoisotopic (exact) mass is 482 g/mol. The molecule has 0 aliphatic rings. The van der Waals surface area contributed by atoms with Gasteiger partial charge in [0.1, 0.15) is 17.2 Å². The first kappa shape index (κ1) is 22.3. The van der Waals surface area contributed by atoms with Gasteiger partial charge in [-0.25, -0.2) is 9.67 Å². The standard InChI is InChI=1S/C15H5Cl2F9N4/c16-5-1-4(13(18,19)20)2-6(17)10(5)30-12(27)9-7(29-30)3-8(14(21,22)23)28-11(9)15(24,25)26/h1-3H,27H2. The molecular weight excluding hydrogens is 478 g/mol. The lowest BCUT2D eigenvalue weighted by Gasteiger charge is -2.13. The molecule has 0 aliphatic heterocycles. The van der Waals surface area contributed by atoms with Gasteiger partial charge < -0.3 is 5.73 Å². The van der Waals surface area contributed by atoms with Gasteiger partial charge >= 0.3 is 18.5 Å². The molecule has 162 valence electrons. The molecule has 0 amide bonds. The van der Waals surface area contributed by atoms with Crippen LogP contribution in [0.2, 0.25) is 10.0 Å². The molecule has 30 heavy (non-hydrogen) atoms. The first-order chi connectivity index (χ1) is 13.5. The number of rotatable bonds is 1. The third-order valence-corrected chi connectivity index (χ3v) is 4.38. The summed E-state index contributed by atoms with van der Waals surface area (Å²) in [5, 5.41) is 1.14. The van der Waals surface area contributed by atoms with Gasteiger partial charge in [0.2, 0.25) is 0 Å². The first-order valence-electron chi connectivity index (χ1n) is 7.42. The van der Waals surface area contributed by atoms with Crippen molar-refractivity contribution in [2.75, 3.05) is 5.73 Å². The van der Waals surface area contributed by atoms with Gasteiger partial charge in [0.25, 0.3) is 0 Å². The van der Waals surface area contributed by atoms with Crippen molar-refractivity contribution < 1.29 is 39.5 Å². The molecule has 0 saturated heterocycles. The van der Waals surface area contributed by atoms with Gasteiger partial charge in [-0.05, 0) is 18.2 Å². The second kappa shape index (κ2) is 6.80. The number of pyridine rings is 1. The number of nitrogens with zero attached hydrogens (tertiary/aromatic N) is 3. The molecule has 0 aliphatic carbocycles. The van der Waals surface area contributed by atoms with Crippen LogP contribution in [-0.2, 0) is 18.5 Å². The van der Waals surface area contributed by atoms with Gasteiger partial charge in [-0.15, -0.1) is 0 Å². The summed E-state index contributed by atoms with van der Waals surface area (Å²) in [6.07, 6.45) is -15.4. The Morgan fingerprint density at radius 2 is 1.33 bits per heavy atom. The zero-order chi connectivity index (χ0) is 22.8. The maximum absolute atomic E-state index is 13.3. The number of hydrogen-bond donors (Lipinski definition) is 1. The number of nitrogen functional groups attached to an aromatic ring is 1. The van der Waals surface area contributed by atoms with Crippen LogP contribution in [0.15, 0.2) is 18.2 Å². The molecule has 1 aromatic carbocycles. The number of alkyl halides is 9. The van der Waals surface area contributed by atoms with Crippen LogP contribution in [0.3, 0.4) is 0 Å². The van der Waals surface area contributed by atoms with E-state index in [2.05, 4.69) is 10.1 Å². The highest BCUT2D eigenvalue weighted by molar-refractivity contribution is 6.38. The third-order valence-electron chi connectivity index (χ3n) is 3.81. The molecule has 2 aromatic heterocycles. The van der Waals surface area contributed by atoms with E-state index >= 15 is 0 Å². The maximum atomic E-state index is 13.3. The lowest BCUT2D eigenvalue weighted by Crippen LogP contribution is -2.15. The second-order valence-corrected chi connectivity index (χ2v) is 6.64. The average molecular weight is 483 g/mol. The minimum atomic E-state index is -5.35. The Morgan fingerprint density at radius 3 is 1.77 bits per heavy atom. The van der Waals surface area contributed by atoms with Crippen LogP contribution >= 0.6 is 23.2 Å². The summed E-state index contributed by atoms with van der Waals surface area (Å²) in [5.41, 5.74) is -0.930. The topological polar surface area (TPSA) is 56.7 Å². The van der Waals surface area contributed by atoms with Gasteiger partial charge in [0.05, 0.1) is 26.5 Å². The minimum Gasteiger partial charge on any atom is -0.383 e.